The van der Waals surface area contributed by atoms with E-state index in [0.29, 0.717) is 18.8 Å². The lowest BCUT2D eigenvalue weighted by atomic mass is 10.2. The quantitative estimate of drug-likeness (QED) is 0.590. The van der Waals surface area contributed by atoms with E-state index in [4.69, 9.17) is 15.2 Å². The molecule has 1 rings (SSSR count). The van der Waals surface area contributed by atoms with Crippen LogP contribution in [0.3, 0.4) is 0 Å². The lowest BCUT2D eigenvalue weighted by Crippen LogP contribution is -2.16. The van der Waals surface area contributed by atoms with Crippen LogP contribution >= 0.6 is 0 Å². The summed E-state index contributed by atoms with van der Waals surface area (Å²) in [6, 6.07) is 1.53. The summed E-state index contributed by atoms with van der Waals surface area (Å²) in [6.45, 7) is 3.46. The van der Waals surface area contributed by atoms with Gasteiger partial charge in [-0.05, 0) is 33.5 Å². The minimum atomic E-state index is -0.458. The zero-order valence-electron chi connectivity index (χ0n) is 11.7. The SMILES string of the molecule is CCOC(=O)c1ccnc(OCCCN(C)C)c1N. The summed E-state index contributed by atoms with van der Waals surface area (Å²) in [5.41, 5.74) is 6.38. The van der Waals surface area contributed by atoms with Crippen molar-refractivity contribution in [3.05, 3.63) is 17.8 Å². The Hall–Kier alpha value is -1.82. The van der Waals surface area contributed by atoms with E-state index in [-0.39, 0.29) is 11.6 Å². The molecule has 0 aromatic carbocycles. The lowest BCUT2D eigenvalue weighted by Gasteiger charge is -2.12. The molecule has 2 N–H and O–H groups in total. The Bertz CT molecular complexity index is 422. The molecule has 0 aliphatic heterocycles. The summed E-state index contributed by atoms with van der Waals surface area (Å²) < 4.78 is 10.4. The van der Waals surface area contributed by atoms with Crippen LogP contribution in [0.5, 0.6) is 5.88 Å². The number of anilines is 1. The van der Waals surface area contributed by atoms with Crippen LogP contribution in [-0.2, 0) is 4.74 Å². The zero-order valence-corrected chi connectivity index (χ0v) is 11.7. The molecule has 19 heavy (non-hydrogen) atoms. The highest BCUT2D eigenvalue weighted by Gasteiger charge is 2.15. The summed E-state index contributed by atoms with van der Waals surface area (Å²) in [7, 11) is 3.99. The first-order chi connectivity index (χ1) is 9.06. The number of ether oxygens (including phenoxy) is 2. The maximum absolute atomic E-state index is 11.6. The van der Waals surface area contributed by atoms with E-state index in [1.54, 1.807) is 6.92 Å². The van der Waals surface area contributed by atoms with Gasteiger partial charge in [0.2, 0.25) is 5.88 Å². The average molecular weight is 267 g/mol. The number of pyridine rings is 1. The van der Waals surface area contributed by atoms with Crippen molar-refractivity contribution in [1.29, 1.82) is 0 Å². The van der Waals surface area contributed by atoms with Gasteiger partial charge in [-0.1, -0.05) is 0 Å². The van der Waals surface area contributed by atoms with Crippen molar-refractivity contribution in [2.45, 2.75) is 13.3 Å². The molecule has 0 amide bonds. The fraction of sp³-hybridized carbons (Fsp3) is 0.538. The van der Waals surface area contributed by atoms with Gasteiger partial charge in [0.15, 0.2) is 0 Å². The molecule has 0 radical (unpaired) electrons. The highest BCUT2D eigenvalue weighted by atomic mass is 16.5. The first kappa shape index (κ1) is 15.2. The number of nitrogens with zero attached hydrogens (tertiary/aromatic N) is 2. The van der Waals surface area contributed by atoms with Crippen LogP contribution in [0.2, 0.25) is 0 Å². The number of carbonyl (C=O) groups excluding carboxylic acids is 1. The van der Waals surface area contributed by atoms with Crippen molar-refractivity contribution in [2.75, 3.05) is 39.6 Å². The van der Waals surface area contributed by atoms with E-state index in [0.717, 1.165) is 13.0 Å². The van der Waals surface area contributed by atoms with Gasteiger partial charge < -0.3 is 20.1 Å². The Kier molecular flexibility index (Phi) is 6.08. The van der Waals surface area contributed by atoms with E-state index in [9.17, 15) is 4.79 Å². The summed E-state index contributed by atoms with van der Waals surface area (Å²) in [5, 5.41) is 0. The minimum Gasteiger partial charge on any atom is -0.476 e. The minimum absolute atomic E-state index is 0.228. The smallest absolute Gasteiger partial charge is 0.340 e. The predicted octanol–water partition coefficient (Wildman–Crippen LogP) is 1.17. The summed E-state index contributed by atoms with van der Waals surface area (Å²) in [5.74, 6) is -0.176. The molecular formula is C13H21N3O3. The van der Waals surface area contributed by atoms with Crippen LogP contribution in [0, 0.1) is 0 Å². The second-order valence-corrected chi connectivity index (χ2v) is 4.30. The summed E-state index contributed by atoms with van der Waals surface area (Å²) in [6.07, 6.45) is 2.35. The Morgan fingerprint density at radius 1 is 1.47 bits per heavy atom. The standard InChI is InChI=1S/C13H21N3O3/c1-4-18-13(17)10-6-7-15-12(11(10)14)19-9-5-8-16(2)3/h6-7H,4-5,8-9,14H2,1-3H3. The Balaban J connectivity index is 2.64. The second kappa shape index (κ2) is 7.58. The number of rotatable bonds is 7. The third kappa shape index (κ3) is 4.75. The summed E-state index contributed by atoms with van der Waals surface area (Å²) >= 11 is 0. The largest absolute Gasteiger partial charge is 0.476 e. The maximum Gasteiger partial charge on any atom is 0.340 e. The number of esters is 1. The van der Waals surface area contributed by atoms with Gasteiger partial charge in [-0.3, -0.25) is 0 Å². The molecular weight excluding hydrogens is 246 g/mol. The van der Waals surface area contributed by atoms with Crippen molar-refractivity contribution in [1.82, 2.24) is 9.88 Å². The van der Waals surface area contributed by atoms with E-state index in [1.165, 1.54) is 12.3 Å². The van der Waals surface area contributed by atoms with Crippen molar-refractivity contribution >= 4 is 11.7 Å². The van der Waals surface area contributed by atoms with Crippen LogP contribution in [0.1, 0.15) is 23.7 Å². The van der Waals surface area contributed by atoms with Gasteiger partial charge in [0.25, 0.3) is 0 Å². The van der Waals surface area contributed by atoms with Crippen LogP contribution in [0.15, 0.2) is 12.3 Å². The van der Waals surface area contributed by atoms with Crippen LogP contribution in [-0.4, -0.2) is 49.7 Å². The third-order valence-electron chi connectivity index (χ3n) is 2.44. The highest BCUT2D eigenvalue weighted by molar-refractivity contribution is 5.96. The highest BCUT2D eigenvalue weighted by Crippen LogP contribution is 2.23. The van der Waals surface area contributed by atoms with E-state index < -0.39 is 5.97 Å². The maximum atomic E-state index is 11.6. The van der Waals surface area contributed by atoms with Crippen LogP contribution in [0.4, 0.5) is 5.69 Å². The van der Waals surface area contributed by atoms with E-state index in [1.807, 2.05) is 14.1 Å². The van der Waals surface area contributed by atoms with Crippen LogP contribution in [0.25, 0.3) is 0 Å². The number of hydrogen-bond acceptors (Lipinski definition) is 6. The van der Waals surface area contributed by atoms with Gasteiger partial charge in [-0.2, -0.15) is 0 Å². The average Bonchev–Trinajstić information content (AvgIpc) is 2.36. The topological polar surface area (TPSA) is 77.7 Å². The Morgan fingerprint density at radius 3 is 2.84 bits per heavy atom. The molecule has 106 valence electrons. The first-order valence-corrected chi connectivity index (χ1v) is 6.25. The molecule has 0 fully saturated rings. The normalized spacial score (nSPS) is 10.5. The number of aromatic nitrogens is 1. The number of nitrogen functional groups attached to an aromatic ring is 1. The number of hydrogen-bond donors (Lipinski definition) is 1. The molecule has 0 atom stereocenters. The zero-order chi connectivity index (χ0) is 14.3. The fourth-order valence-electron chi connectivity index (χ4n) is 1.51. The molecule has 0 spiro atoms. The van der Waals surface area contributed by atoms with Gasteiger partial charge in [0, 0.05) is 12.7 Å². The molecule has 1 aromatic heterocycles. The van der Waals surface area contributed by atoms with Crippen molar-refractivity contribution in [2.24, 2.45) is 0 Å². The van der Waals surface area contributed by atoms with E-state index in [2.05, 4.69) is 9.88 Å². The van der Waals surface area contributed by atoms with Gasteiger partial charge in [-0.15, -0.1) is 0 Å². The Labute approximate surface area is 113 Å². The van der Waals surface area contributed by atoms with Gasteiger partial charge >= 0.3 is 5.97 Å². The molecule has 0 aliphatic rings. The van der Waals surface area contributed by atoms with Crippen molar-refractivity contribution in [3.8, 4) is 5.88 Å². The third-order valence-corrected chi connectivity index (χ3v) is 2.44. The van der Waals surface area contributed by atoms with Gasteiger partial charge in [-0.25, -0.2) is 9.78 Å². The molecule has 1 aromatic rings. The molecule has 6 nitrogen and oxygen atoms in total. The molecule has 0 saturated heterocycles. The van der Waals surface area contributed by atoms with Crippen molar-refractivity contribution < 1.29 is 14.3 Å². The molecule has 0 aliphatic carbocycles. The van der Waals surface area contributed by atoms with Gasteiger partial charge in [0.05, 0.1) is 18.8 Å². The lowest BCUT2D eigenvalue weighted by molar-refractivity contribution is 0.0527. The van der Waals surface area contributed by atoms with E-state index >= 15 is 0 Å². The van der Waals surface area contributed by atoms with Gasteiger partial charge in [0.1, 0.15) is 5.69 Å². The predicted molar refractivity (Wildman–Crippen MR) is 73.3 cm³/mol. The Morgan fingerprint density at radius 2 is 2.21 bits per heavy atom. The molecule has 0 saturated carbocycles. The molecule has 0 bridgehead atoms. The van der Waals surface area contributed by atoms with Crippen LogP contribution < -0.4 is 10.5 Å². The fourth-order valence-corrected chi connectivity index (χ4v) is 1.51. The molecule has 1 heterocycles. The molecule has 0 unspecified atom stereocenters. The summed E-state index contributed by atoms with van der Waals surface area (Å²) in [4.78, 5) is 17.7. The molecule has 6 heteroatoms. The first-order valence-electron chi connectivity index (χ1n) is 6.25. The monoisotopic (exact) mass is 267 g/mol. The number of carbonyl (C=O) groups is 1. The second-order valence-electron chi connectivity index (χ2n) is 4.30. The number of nitrogens with two attached hydrogens (primary N) is 1. The van der Waals surface area contributed by atoms with Crippen molar-refractivity contribution in [3.63, 3.8) is 0 Å².